The third kappa shape index (κ3) is 5.99. The Labute approximate surface area is 176 Å². The van der Waals surface area contributed by atoms with Gasteiger partial charge in [-0.3, -0.25) is 4.79 Å². The summed E-state index contributed by atoms with van der Waals surface area (Å²) in [5, 5.41) is 12.4. The normalized spacial score (nSPS) is 21.3. The molecule has 0 fully saturated rings. The van der Waals surface area contributed by atoms with E-state index in [2.05, 4.69) is 10.0 Å². The summed E-state index contributed by atoms with van der Waals surface area (Å²) >= 11 is 0. The van der Waals surface area contributed by atoms with Crippen molar-refractivity contribution in [2.24, 2.45) is 0 Å². The maximum atomic E-state index is 12.4. The van der Waals surface area contributed by atoms with Crippen LogP contribution in [0.5, 0.6) is 0 Å². The molecule has 1 heterocycles. The number of amides is 1. The van der Waals surface area contributed by atoms with Crippen molar-refractivity contribution in [3.05, 3.63) is 66.7 Å². The second-order valence-corrected chi connectivity index (χ2v) is 9.07. The van der Waals surface area contributed by atoms with E-state index in [-0.39, 0.29) is 24.7 Å². The number of nitrogens with one attached hydrogen (secondary N) is 2. The van der Waals surface area contributed by atoms with E-state index in [9.17, 15) is 18.3 Å². The second-order valence-electron chi connectivity index (χ2n) is 7.02. The number of ether oxygens (including phenoxy) is 1. The van der Waals surface area contributed by atoms with Crippen molar-refractivity contribution in [2.75, 3.05) is 17.7 Å². The van der Waals surface area contributed by atoms with Crippen molar-refractivity contribution >= 4 is 21.6 Å². The van der Waals surface area contributed by atoms with E-state index in [0.29, 0.717) is 5.69 Å². The van der Waals surface area contributed by atoms with E-state index < -0.39 is 28.3 Å². The maximum Gasteiger partial charge on any atom is 0.227 e. The molecule has 2 aromatic rings. The van der Waals surface area contributed by atoms with Gasteiger partial charge in [-0.05, 0) is 30.2 Å². The van der Waals surface area contributed by atoms with Crippen LogP contribution in [0.1, 0.15) is 13.3 Å². The lowest BCUT2D eigenvalue weighted by molar-refractivity contribution is -0.120. The zero-order valence-electron chi connectivity index (χ0n) is 16.7. The van der Waals surface area contributed by atoms with Gasteiger partial charge in [-0.2, -0.15) is 0 Å². The molecule has 0 bridgehead atoms. The van der Waals surface area contributed by atoms with Crippen molar-refractivity contribution in [1.82, 2.24) is 4.72 Å². The highest BCUT2D eigenvalue weighted by Gasteiger charge is 2.30. The van der Waals surface area contributed by atoms with Crippen LogP contribution in [0.4, 0.5) is 5.69 Å². The molecule has 0 unspecified atom stereocenters. The molecule has 1 amide bonds. The van der Waals surface area contributed by atoms with E-state index in [4.69, 9.17) is 4.74 Å². The smallest absolute Gasteiger partial charge is 0.227 e. The molecular weight excluding hydrogens is 404 g/mol. The Bertz CT molecular complexity index is 974. The SMILES string of the molecule is CCS(=O)(=O)N[C@@H]1C=C[C@H](CC(=O)Nc2ccc(-c3ccccc3)cc2)O[C@@H]1CO. The number of benzene rings is 2. The minimum atomic E-state index is -3.44. The van der Waals surface area contributed by atoms with Crippen LogP contribution in [0.25, 0.3) is 11.1 Å². The van der Waals surface area contributed by atoms with Crippen molar-refractivity contribution in [3.63, 3.8) is 0 Å². The average molecular weight is 431 g/mol. The number of hydrogen-bond acceptors (Lipinski definition) is 5. The molecule has 3 rings (SSSR count). The first-order valence-corrected chi connectivity index (χ1v) is 11.5. The third-order valence-corrected chi connectivity index (χ3v) is 6.21. The van der Waals surface area contributed by atoms with Gasteiger partial charge in [-0.25, -0.2) is 13.1 Å². The summed E-state index contributed by atoms with van der Waals surface area (Å²) in [6.45, 7) is 1.17. The predicted octanol–water partition coefficient (Wildman–Crippen LogP) is 2.31. The Balaban J connectivity index is 1.57. The molecule has 0 radical (unpaired) electrons. The van der Waals surface area contributed by atoms with E-state index in [1.807, 2.05) is 54.6 Å². The molecule has 1 aliphatic heterocycles. The summed E-state index contributed by atoms with van der Waals surface area (Å²) in [5.74, 6) is -0.300. The summed E-state index contributed by atoms with van der Waals surface area (Å²) in [5.41, 5.74) is 2.82. The quantitative estimate of drug-likeness (QED) is 0.558. The molecule has 0 aliphatic carbocycles. The fourth-order valence-corrected chi connectivity index (χ4v) is 3.98. The molecule has 0 saturated heterocycles. The van der Waals surface area contributed by atoms with Gasteiger partial charge >= 0.3 is 0 Å². The van der Waals surface area contributed by atoms with Gasteiger partial charge in [-0.15, -0.1) is 0 Å². The van der Waals surface area contributed by atoms with Gasteiger partial charge in [0.15, 0.2) is 0 Å². The number of anilines is 1. The first kappa shape index (κ1) is 22.2. The lowest BCUT2D eigenvalue weighted by atomic mass is 10.0. The summed E-state index contributed by atoms with van der Waals surface area (Å²) in [4.78, 5) is 12.4. The second kappa shape index (κ2) is 9.99. The fraction of sp³-hybridized carbons (Fsp3) is 0.318. The Morgan fingerprint density at radius 1 is 1.03 bits per heavy atom. The standard InChI is InChI=1S/C22H26N2O5S/c1-2-30(27,28)24-20-13-12-19(29-21(20)15-25)14-22(26)23-18-10-8-17(9-11-18)16-6-4-3-5-7-16/h3-13,19-21,24-25H,2,14-15H2,1H3,(H,23,26)/t19-,20-,21-/m1/s1. The third-order valence-electron chi connectivity index (χ3n) is 4.82. The zero-order valence-corrected chi connectivity index (χ0v) is 17.5. The summed E-state index contributed by atoms with van der Waals surface area (Å²) in [6.07, 6.45) is 2.03. The maximum absolute atomic E-state index is 12.4. The number of hydrogen-bond donors (Lipinski definition) is 3. The Hall–Kier alpha value is -2.52. The van der Waals surface area contributed by atoms with Crippen molar-refractivity contribution < 1.29 is 23.1 Å². The topological polar surface area (TPSA) is 105 Å². The molecule has 1 aliphatic rings. The van der Waals surface area contributed by atoms with Gasteiger partial charge in [0, 0.05) is 5.69 Å². The molecule has 3 N–H and O–H groups in total. The molecule has 160 valence electrons. The van der Waals surface area contributed by atoms with Gasteiger partial charge < -0.3 is 15.2 Å². The summed E-state index contributed by atoms with van der Waals surface area (Å²) in [7, 11) is -3.44. The number of aliphatic hydroxyl groups excluding tert-OH is 1. The molecule has 8 heteroatoms. The van der Waals surface area contributed by atoms with E-state index in [0.717, 1.165) is 11.1 Å². The first-order chi connectivity index (χ1) is 14.4. The molecule has 0 saturated carbocycles. The van der Waals surface area contributed by atoms with Crippen LogP contribution in [0.15, 0.2) is 66.7 Å². The lowest BCUT2D eigenvalue weighted by Gasteiger charge is -2.31. The lowest BCUT2D eigenvalue weighted by Crippen LogP contribution is -2.49. The van der Waals surface area contributed by atoms with Crippen LogP contribution in [-0.4, -0.2) is 50.0 Å². The largest absolute Gasteiger partial charge is 0.394 e. The van der Waals surface area contributed by atoms with Crippen LogP contribution in [0, 0.1) is 0 Å². The molecule has 0 aromatic heterocycles. The van der Waals surface area contributed by atoms with Gasteiger partial charge in [0.25, 0.3) is 0 Å². The number of carbonyl (C=O) groups is 1. The van der Waals surface area contributed by atoms with Gasteiger partial charge in [-0.1, -0.05) is 54.6 Å². The highest BCUT2D eigenvalue weighted by molar-refractivity contribution is 7.89. The van der Waals surface area contributed by atoms with E-state index in [1.54, 1.807) is 12.2 Å². The summed E-state index contributed by atoms with van der Waals surface area (Å²) in [6, 6.07) is 16.8. The zero-order chi connectivity index (χ0) is 21.6. The molecule has 0 spiro atoms. The fourth-order valence-electron chi connectivity index (χ4n) is 3.17. The minimum absolute atomic E-state index is 0.0562. The van der Waals surface area contributed by atoms with Crippen molar-refractivity contribution in [3.8, 4) is 11.1 Å². The van der Waals surface area contributed by atoms with Crippen LogP contribution in [0.2, 0.25) is 0 Å². The van der Waals surface area contributed by atoms with Crippen LogP contribution >= 0.6 is 0 Å². The number of rotatable bonds is 8. The van der Waals surface area contributed by atoms with Crippen LogP contribution < -0.4 is 10.0 Å². The van der Waals surface area contributed by atoms with E-state index >= 15 is 0 Å². The molecule has 30 heavy (non-hydrogen) atoms. The number of carbonyl (C=O) groups excluding carboxylic acids is 1. The van der Waals surface area contributed by atoms with Gasteiger partial charge in [0.2, 0.25) is 15.9 Å². The monoisotopic (exact) mass is 430 g/mol. The highest BCUT2D eigenvalue weighted by Crippen LogP contribution is 2.22. The molecule has 2 aromatic carbocycles. The molecule has 7 nitrogen and oxygen atoms in total. The van der Waals surface area contributed by atoms with Crippen LogP contribution in [-0.2, 0) is 19.6 Å². The van der Waals surface area contributed by atoms with Gasteiger partial charge in [0.1, 0.15) is 6.10 Å². The van der Waals surface area contributed by atoms with Crippen molar-refractivity contribution in [2.45, 2.75) is 31.6 Å². The average Bonchev–Trinajstić information content (AvgIpc) is 2.75. The summed E-state index contributed by atoms with van der Waals surface area (Å²) < 4.78 is 31.7. The highest BCUT2D eigenvalue weighted by atomic mass is 32.2. The predicted molar refractivity (Wildman–Crippen MR) is 116 cm³/mol. The van der Waals surface area contributed by atoms with Crippen LogP contribution in [0.3, 0.4) is 0 Å². The minimum Gasteiger partial charge on any atom is -0.394 e. The number of aliphatic hydroxyl groups is 1. The number of sulfonamides is 1. The Kier molecular flexibility index (Phi) is 7.38. The van der Waals surface area contributed by atoms with E-state index in [1.165, 1.54) is 6.92 Å². The van der Waals surface area contributed by atoms with Gasteiger partial charge in [0.05, 0.1) is 30.9 Å². The van der Waals surface area contributed by atoms with Crippen molar-refractivity contribution in [1.29, 1.82) is 0 Å². The Morgan fingerprint density at radius 2 is 1.70 bits per heavy atom. The first-order valence-electron chi connectivity index (χ1n) is 9.80. The Morgan fingerprint density at radius 3 is 2.33 bits per heavy atom. The molecule has 3 atom stereocenters. The molecular formula is C22H26N2O5S.